The Morgan fingerprint density at radius 3 is 2.33 bits per heavy atom. The van der Waals surface area contributed by atoms with E-state index < -0.39 is 11.9 Å². The molecule has 0 atom stereocenters. The normalized spacial score (nSPS) is 13.9. The average Bonchev–Trinajstić information content (AvgIpc) is 3.46. The first kappa shape index (κ1) is 26.2. The Morgan fingerprint density at radius 1 is 1.15 bits per heavy atom. The van der Waals surface area contributed by atoms with E-state index in [9.17, 15) is 8.78 Å². The van der Waals surface area contributed by atoms with E-state index in [4.69, 9.17) is 9.15 Å². The van der Waals surface area contributed by atoms with Crippen molar-refractivity contribution >= 4 is 27.9 Å². The maximum atomic E-state index is 14.4. The summed E-state index contributed by atoms with van der Waals surface area (Å²) in [5, 5.41) is 0.682. The largest absolute Gasteiger partial charge is 0.450 e. The highest BCUT2D eigenvalue weighted by atomic mass is 19.3. The Morgan fingerprint density at radius 2 is 1.76 bits per heavy atom. The first-order valence-electron chi connectivity index (χ1n) is 10.6. The van der Waals surface area contributed by atoms with E-state index in [0.717, 1.165) is 25.9 Å². The van der Waals surface area contributed by atoms with Gasteiger partial charge in [-0.2, -0.15) is 8.78 Å². The van der Waals surface area contributed by atoms with Crippen LogP contribution in [0, 0.1) is 12.8 Å². The summed E-state index contributed by atoms with van der Waals surface area (Å²) >= 11 is 0. The third-order valence-corrected chi connectivity index (χ3v) is 4.86. The number of halogens is 2. The van der Waals surface area contributed by atoms with Crippen LogP contribution in [0.2, 0.25) is 0 Å². The fourth-order valence-corrected chi connectivity index (χ4v) is 3.08. The van der Waals surface area contributed by atoms with Crippen molar-refractivity contribution in [2.45, 2.75) is 45.3 Å². The van der Waals surface area contributed by atoms with Crippen molar-refractivity contribution in [3.05, 3.63) is 42.7 Å². The molecule has 4 rings (SSSR count). The minimum atomic E-state index is -3.60. The number of benzene rings is 1. The van der Waals surface area contributed by atoms with E-state index in [0.29, 0.717) is 27.9 Å². The highest BCUT2D eigenvalue weighted by molar-refractivity contribution is 6.05. The number of terminal acetylenes is 1. The van der Waals surface area contributed by atoms with Crippen molar-refractivity contribution < 1.29 is 22.7 Å². The van der Waals surface area contributed by atoms with Crippen LogP contribution in [0.15, 0.2) is 41.3 Å². The van der Waals surface area contributed by atoms with Crippen LogP contribution in [0.3, 0.4) is 0 Å². The van der Waals surface area contributed by atoms with E-state index in [2.05, 4.69) is 34.1 Å². The number of rotatable bonds is 5. The lowest BCUT2D eigenvalue weighted by Gasteiger charge is -2.19. The number of hydrogen-bond donors (Lipinski definition) is 0. The molecule has 1 aliphatic heterocycles. The van der Waals surface area contributed by atoms with Gasteiger partial charge >= 0.3 is 6.11 Å². The van der Waals surface area contributed by atoms with Gasteiger partial charge in [-0.25, -0.2) is 9.97 Å². The molecule has 1 fully saturated rings. The van der Waals surface area contributed by atoms with E-state index in [1.165, 1.54) is 6.08 Å². The van der Waals surface area contributed by atoms with Crippen molar-refractivity contribution in [3.8, 4) is 12.8 Å². The molecule has 0 spiro atoms. The van der Waals surface area contributed by atoms with Gasteiger partial charge in [0, 0.05) is 25.6 Å². The fourth-order valence-electron chi connectivity index (χ4n) is 3.08. The molecule has 0 amide bonds. The molecule has 2 aromatic heterocycles. The summed E-state index contributed by atoms with van der Waals surface area (Å²) in [5.41, 5.74) is 1.45. The standard InChI is InChI=1S/C18H17F2N3O2.C5H12O.C2H2/c1-2-11-24-18(19,20)17-21-14-12-7-3-4-8-13(12)25-15(14)16(22-17)23-9-5-6-10-23;1-5(2,3)6-4;1-2/h2-4,7-8H,1,5-6,9-11H2;1-4H3;1-2H. The second-order valence-corrected chi connectivity index (χ2v) is 8.27. The Bertz CT molecular complexity index is 1080. The number of ether oxygens (including phenoxy) is 2. The lowest BCUT2D eigenvalue weighted by Crippen LogP contribution is -2.25. The third kappa shape index (κ3) is 6.50. The molecule has 0 N–H and O–H groups in total. The number of nitrogens with zero attached hydrogens (tertiary/aromatic N) is 3. The zero-order valence-electron chi connectivity index (χ0n) is 19.6. The predicted molar refractivity (Wildman–Crippen MR) is 127 cm³/mol. The lowest BCUT2D eigenvalue weighted by molar-refractivity contribution is -0.247. The van der Waals surface area contributed by atoms with Crippen molar-refractivity contribution in [1.82, 2.24) is 9.97 Å². The van der Waals surface area contributed by atoms with Gasteiger partial charge in [-0.05, 0) is 45.7 Å². The van der Waals surface area contributed by atoms with Crippen LogP contribution < -0.4 is 4.90 Å². The fraction of sp³-hybridized carbons (Fsp3) is 0.440. The first-order chi connectivity index (χ1) is 15.7. The van der Waals surface area contributed by atoms with Crippen LogP contribution in [0.4, 0.5) is 14.6 Å². The number of alkyl halides is 2. The van der Waals surface area contributed by atoms with Crippen molar-refractivity contribution in [2.24, 2.45) is 0 Å². The molecule has 0 saturated carbocycles. The molecule has 0 radical (unpaired) electrons. The molecule has 3 heterocycles. The smallest absolute Gasteiger partial charge is 0.418 e. The van der Waals surface area contributed by atoms with Crippen LogP contribution in [-0.2, 0) is 15.6 Å². The van der Waals surface area contributed by atoms with E-state index in [1.54, 1.807) is 19.2 Å². The predicted octanol–water partition coefficient (Wildman–Crippen LogP) is 5.91. The quantitative estimate of drug-likeness (QED) is 0.349. The highest BCUT2D eigenvalue weighted by Crippen LogP contribution is 2.37. The highest BCUT2D eigenvalue weighted by Gasteiger charge is 2.38. The third-order valence-electron chi connectivity index (χ3n) is 4.86. The van der Waals surface area contributed by atoms with Gasteiger partial charge < -0.3 is 18.8 Å². The van der Waals surface area contributed by atoms with E-state index >= 15 is 0 Å². The summed E-state index contributed by atoms with van der Waals surface area (Å²) < 4.78 is 44.2. The molecule has 3 aromatic rings. The zero-order chi connectivity index (χ0) is 24.6. The minimum absolute atomic E-state index is 0.0417. The summed E-state index contributed by atoms with van der Waals surface area (Å²) in [4.78, 5) is 10.2. The molecule has 1 saturated heterocycles. The summed E-state index contributed by atoms with van der Waals surface area (Å²) in [5.74, 6) is -0.258. The number of furan rings is 1. The molecule has 0 bridgehead atoms. The Kier molecular flexibility index (Phi) is 8.91. The molecule has 6 nitrogen and oxygen atoms in total. The van der Waals surface area contributed by atoms with Gasteiger partial charge in [0.05, 0.1) is 12.2 Å². The lowest BCUT2D eigenvalue weighted by atomic mass is 10.2. The molecule has 8 heteroatoms. The van der Waals surface area contributed by atoms with Crippen molar-refractivity contribution in [1.29, 1.82) is 0 Å². The topological polar surface area (TPSA) is 60.6 Å². The average molecular weight is 460 g/mol. The maximum absolute atomic E-state index is 14.4. The molecule has 0 unspecified atom stereocenters. The molecule has 1 aliphatic rings. The van der Waals surface area contributed by atoms with Crippen LogP contribution in [-0.4, -0.2) is 42.4 Å². The second kappa shape index (κ2) is 11.2. The summed E-state index contributed by atoms with van der Waals surface area (Å²) in [6.45, 7) is 10.7. The molecular weight excluding hydrogens is 428 g/mol. The van der Waals surface area contributed by atoms with Crippen LogP contribution in [0.5, 0.6) is 0 Å². The molecular formula is C25H31F2N3O3. The number of methoxy groups -OCH3 is 1. The number of aromatic nitrogens is 2. The first-order valence-corrected chi connectivity index (χ1v) is 10.6. The maximum Gasteiger partial charge on any atom is 0.418 e. The van der Waals surface area contributed by atoms with E-state index in [-0.39, 0.29) is 12.2 Å². The van der Waals surface area contributed by atoms with Gasteiger partial charge in [-0.1, -0.05) is 18.2 Å². The van der Waals surface area contributed by atoms with Gasteiger partial charge in [0.25, 0.3) is 0 Å². The Hall–Kier alpha value is -3.02. The number of fused-ring (bicyclic) bond motifs is 3. The summed E-state index contributed by atoms with van der Waals surface area (Å²) in [6.07, 6.45) is 7.64. The molecule has 1 aromatic carbocycles. The minimum Gasteiger partial charge on any atom is -0.450 e. The monoisotopic (exact) mass is 459 g/mol. The van der Waals surface area contributed by atoms with Gasteiger partial charge in [0.15, 0.2) is 11.4 Å². The molecule has 0 aliphatic carbocycles. The zero-order valence-corrected chi connectivity index (χ0v) is 19.6. The molecule has 178 valence electrons. The summed E-state index contributed by atoms with van der Waals surface area (Å²) in [7, 11) is 1.71. The summed E-state index contributed by atoms with van der Waals surface area (Å²) in [6, 6.07) is 7.24. The van der Waals surface area contributed by atoms with Crippen molar-refractivity contribution in [2.75, 3.05) is 31.7 Å². The van der Waals surface area contributed by atoms with Gasteiger partial charge in [0.2, 0.25) is 5.82 Å². The van der Waals surface area contributed by atoms with Crippen LogP contribution >= 0.6 is 0 Å². The van der Waals surface area contributed by atoms with Crippen LogP contribution in [0.1, 0.15) is 39.4 Å². The van der Waals surface area contributed by atoms with Gasteiger partial charge in [0.1, 0.15) is 11.1 Å². The van der Waals surface area contributed by atoms with E-state index in [1.807, 2.05) is 37.8 Å². The van der Waals surface area contributed by atoms with Gasteiger partial charge in [-0.15, -0.1) is 19.4 Å². The van der Waals surface area contributed by atoms with Crippen molar-refractivity contribution in [3.63, 3.8) is 0 Å². The number of hydrogen-bond acceptors (Lipinski definition) is 6. The van der Waals surface area contributed by atoms with Crippen LogP contribution in [0.25, 0.3) is 22.1 Å². The molecule has 33 heavy (non-hydrogen) atoms. The number of anilines is 1. The Labute approximate surface area is 193 Å². The Balaban J connectivity index is 0.000000421. The van der Waals surface area contributed by atoms with Gasteiger partial charge in [-0.3, -0.25) is 0 Å². The number of para-hydroxylation sites is 1. The second-order valence-electron chi connectivity index (χ2n) is 8.27. The SMILES string of the molecule is C#C.C=CCOC(F)(F)c1nc(N2CCCC2)c2oc3ccccc3c2n1.COC(C)(C)C.